The van der Waals surface area contributed by atoms with E-state index in [9.17, 15) is 8.78 Å². The molecule has 7 heteroatoms. The van der Waals surface area contributed by atoms with Gasteiger partial charge in [-0.3, -0.25) is 9.38 Å². The van der Waals surface area contributed by atoms with E-state index in [1.807, 2.05) is 18.3 Å². The predicted molar refractivity (Wildman–Crippen MR) is 112 cm³/mol. The highest BCUT2D eigenvalue weighted by molar-refractivity contribution is 5.77. The highest BCUT2D eigenvalue weighted by Gasteiger charge is 2.23. The molecule has 30 heavy (non-hydrogen) atoms. The number of imidazole rings is 1. The summed E-state index contributed by atoms with van der Waals surface area (Å²) in [6.07, 6.45) is 8.88. The Labute approximate surface area is 173 Å². The fourth-order valence-corrected chi connectivity index (χ4v) is 3.58. The van der Waals surface area contributed by atoms with Gasteiger partial charge >= 0.3 is 0 Å². The van der Waals surface area contributed by atoms with Crippen molar-refractivity contribution < 1.29 is 13.5 Å². The Morgan fingerprint density at radius 1 is 1.30 bits per heavy atom. The number of fused-ring (bicyclic) bond motifs is 1. The lowest BCUT2D eigenvalue weighted by atomic mass is 10.1. The maximum absolute atomic E-state index is 13.7. The molecular formula is C23H22F2N4O. The number of hydrogen-bond donors (Lipinski definition) is 1. The summed E-state index contributed by atoms with van der Waals surface area (Å²) in [4.78, 5) is 9.15. The van der Waals surface area contributed by atoms with Crippen LogP contribution < -0.4 is 10.1 Å². The van der Waals surface area contributed by atoms with E-state index in [1.54, 1.807) is 24.5 Å². The molecule has 4 rings (SSSR count). The summed E-state index contributed by atoms with van der Waals surface area (Å²) in [7, 11) is 0. The van der Waals surface area contributed by atoms with Crippen LogP contribution in [0, 0.1) is 0 Å². The van der Waals surface area contributed by atoms with Crippen molar-refractivity contribution in [3.63, 3.8) is 0 Å². The molecule has 1 aromatic carbocycles. The zero-order chi connectivity index (χ0) is 21.1. The van der Waals surface area contributed by atoms with Crippen LogP contribution in [0.3, 0.4) is 0 Å². The smallest absolute Gasteiger partial charge is 0.164 e. The Hall–Kier alpha value is -3.32. The van der Waals surface area contributed by atoms with Crippen molar-refractivity contribution in [2.45, 2.75) is 18.9 Å². The number of benzene rings is 1. The Bertz CT molecular complexity index is 1110. The molecule has 3 heterocycles. The average Bonchev–Trinajstić information content (AvgIpc) is 3.42. The third-order valence-electron chi connectivity index (χ3n) is 5.13. The Balaban J connectivity index is 1.59. The van der Waals surface area contributed by atoms with Crippen LogP contribution >= 0.6 is 0 Å². The minimum absolute atomic E-state index is 0.00597. The molecule has 0 bridgehead atoms. The highest BCUT2D eigenvalue weighted by atomic mass is 19.2. The first-order chi connectivity index (χ1) is 14.6. The summed E-state index contributed by atoms with van der Waals surface area (Å²) in [5, 5.41) is 3.49. The molecule has 3 aromatic rings. The van der Waals surface area contributed by atoms with E-state index in [0.717, 1.165) is 42.0 Å². The lowest BCUT2D eigenvalue weighted by molar-refractivity contribution is 0.350. The molecule has 0 radical (unpaired) electrons. The van der Waals surface area contributed by atoms with Crippen molar-refractivity contribution in [2.75, 3.05) is 13.2 Å². The minimum atomic E-state index is -1.14. The normalized spacial score (nSPS) is 17.1. The highest BCUT2D eigenvalue weighted by Crippen LogP contribution is 2.31. The molecule has 1 aliphatic heterocycles. The van der Waals surface area contributed by atoms with Crippen molar-refractivity contribution in [1.29, 1.82) is 0 Å². The summed E-state index contributed by atoms with van der Waals surface area (Å²) in [5.74, 6) is -0.694. The second-order valence-corrected chi connectivity index (χ2v) is 7.06. The molecule has 154 valence electrons. The summed E-state index contributed by atoms with van der Waals surface area (Å²) in [5.41, 5.74) is 2.69. The van der Waals surface area contributed by atoms with Crippen LogP contribution in [0.15, 0.2) is 79.3 Å². The monoisotopic (exact) mass is 408 g/mol. The number of ether oxygens (including phenoxy) is 1. The molecule has 1 saturated heterocycles. The maximum Gasteiger partial charge on any atom is 0.164 e. The summed E-state index contributed by atoms with van der Waals surface area (Å²) in [6, 6.07) is 7.54. The lowest BCUT2D eigenvalue weighted by Gasteiger charge is -2.08. The number of nitrogens with one attached hydrogen (secondary N) is 1. The van der Waals surface area contributed by atoms with Gasteiger partial charge in [-0.1, -0.05) is 19.2 Å². The Kier molecular flexibility index (Phi) is 5.72. The Morgan fingerprint density at radius 2 is 2.10 bits per heavy atom. The fraction of sp³-hybridized carbons (Fsp3) is 0.217. The number of aromatic nitrogens is 3. The molecular weight excluding hydrogens is 386 g/mol. The zero-order valence-corrected chi connectivity index (χ0v) is 16.4. The van der Waals surface area contributed by atoms with Gasteiger partial charge in [-0.2, -0.15) is 0 Å². The van der Waals surface area contributed by atoms with Gasteiger partial charge in [0.2, 0.25) is 0 Å². The van der Waals surface area contributed by atoms with E-state index < -0.39 is 11.7 Å². The molecule has 2 aromatic heterocycles. The number of rotatable bonds is 7. The molecule has 1 fully saturated rings. The van der Waals surface area contributed by atoms with Crippen LogP contribution in [0.4, 0.5) is 8.78 Å². The van der Waals surface area contributed by atoms with E-state index in [0.29, 0.717) is 5.75 Å². The Morgan fingerprint density at radius 3 is 2.77 bits per heavy atom. The third kappa shape index (κ3) is 3.89. The first-order valence-electron chi connectivity index (χ1n) is 9.73. The van der Waals surface area contributed by atoms with Crippen LogP contribution in [0.5, 0.6) is 5.75 Å². The van der Waals surface area contributed by atoms with E-state index in [1.165, 1.54) is 6.08 Å². The number of hydrogen-bond acceptors (Lipinski definition) is 4. The largest absolute Gasteiger partial charge is 0.489 e. The number of nitrogens with zero attached hydrogens (tertiary/aromatic N) is 3. The zero-order valence-electron chi connectivity index (χ0n) is 16.4. The van der Waals surface area contributed by atoms with Gasteiger partial charge in [0.25, 0.3) is 0 Å². The van der Waals surface area contributed by atoms with Crippen molar-refractivity contribution in [1.82, 2.24) is 19.7 Å². The van der Waals surface area contributed by atoms with Crippen molar-refractivity contribution in [3.05, 3.63) is 85.1 Å². The van der Waals surface area contributed by atoms with Crippen molar-refractivity contribution in [2.24, 2.45) is 0 Å². The first kappa shape index (κ1) is 20.0. The topological polar surface area (TPSA) is 51.5 Å². The second-order valence-electron chi connectivity index (χ2n) is 7.06. The van der Waals surface area contributed by atoms with Crippen LogP contribution in [0.2, 0.25) is 0 Å². The molecule has 0 amide bonds. The van der Waals surface area contributed by atoms with Crippen molar-refractivity contribution in [3.8, 4) is 17.0 Å². The van der Waals surface area contributed by atoms with Crippen LogP contribution in [0.1, 0.15) is 24.7 Å². The van der Waals surface area contributed by atoms with Crippen molar-refractivity contribution >= 4 is 5.52 Å². The summed E-state index contributed by atoms with van der Waals surface area (Å²) in [6.45, 7) is 7.29. The molecule has 1 atom stereocenters. The van der Waals surface area contributed by atoms with Crippen LogP contribution in [0.25, 0.3) is 16.8 Å². The van der Waals surface area contributed by atoms with Gasteiger partial charge in [0, 0.05) is 23.5 Å². The molecule has 5 nitrogen and oxygen atoms in total. The van der Waals surface area contributed by atoms with Gasteiger partial charge in [0.1, 0.15) is 18.2 Å². The van der Waals surface area contributed by atoms with Gasteiger partial charge in [-0.25, -0.2) is 13.8 Å². The molecule has 1 unspecified atom stereocenters. The van der Waals surface area contributed by atoms with Gasteiger partial charge < -0.3 is 10.1 Å². The summed E-state index contributed by atoms with van der Waals surface area (Å²) < 4.78 is 34.3. The fourth-order valence-electron chi connectivity index (χ4n) is 3.58. The quantitative estimate of drug-likeness (QED) is 0.553. The van der Waals surface area contributed by atoms with Crippen LogP contribution in [-0.2, 0) is 0 Å². The number of allylic oxidation sites excluding steroid dienone is 2. The minimum Gasteiger partial charge on any atom is -0.489 e. The van der Waals surface area contributed by atoms with E-state index in [4.69, 9.17) is 9.72 Å². The summed E-state index contributed by atoms with van der Waals surface area (Å²) >= 11 is 0. The maximum atomic E-state index is 13.7. The SMILES string of the molecule is C=C/C(COc1ccc(-c2nc(C3CCCN3)n3ccncc23)cc1)=C(/F)C(=C)F. The lowest BCUT2D eigenvalue weighted by Crippen LogP contribution is -2.15. The van der Waals surface area contributed by atoms with E-state index in [2.05, 4.69) is 27.9 Å². The average molecular weight is 408 g/mol. The first-order valence-corrected chi connectivity index (χ1v) is 9.73. The van der Waals surface area contributed by atoms with Crippen LogP contribution in [-0.4, -0.2) is 27.5 Å². The molecule has 0 spiro atoms. The molecule has 0 aliphatic carbocycles. The van der Waals surface area contributed by atoms with Gasteiger partial charge in [0.05, 0.1) is 23.4 Å². The van der Waals surface area contributed by atoms with E-state index in [-0.39, 0.29) is 18.2 Å². The second kappa shape index (κ2) is 8.59. The van der Waals surface area contributed by atoms with Gasteiger partial charge in [0.15, 0.2) is 11.7 Å². The van der Waals surface area contributed by atoms with E-state index >= 15 is 0 Å². The molecule has 0 saturated carbocycles. The van der Waals surface area contributed by atoms with Gasteiger partial charge in [-0.05, 0) is 43.7 Å². The molecule has 1 N–H and O–H groups in total. The standard InChI is InChI=1S/C23H22F2N4O/c1-3-16(21(25)15(2)24)14-30-18-8-6-17(7-9-18)22-20-13-26-11-12-29(20)23(28-22)19-5-4-10-27-19/h3,6-9,11-13,19,27H,1-2,4-5,10,14H2/b21-16-. The van der Waals surface area contributed by atoms with Gasteiger partial charge in [-0.15, -0.1) is 0 Å². The predicted octanol–water partition coefficient (Wildman–Crippen LogP) is 5.09. The number of halogens is 2. The molecule has 1 aliphatic rings. The third-order valence-corrected chi connectivity index (χ3v) is 5.13.